The molecule has 3 aromatic carbocycles. The molecule has 1 fully saturated rings. The lowest BCUT2D eigenvalue weighted by Crippen LogP contribution is -2.27. The van der Waals surface area contributed by atoms with Gasteiger partial charge in [0.05, 0.1) is 19.0 Å². The van der Waals surface area contributed by atoms with Crippen LogP contribution in [-0.2, 0) is 4.79 Å². The molecule has 1 unspecified atom stereocenters. The van der Waals surface area contributed by atoms with E-state index in [4.69, 9.17) is 9.47 Å². The number of anilines is 2. The first-order chi connectivity index (χ1) is 17.1. The van der Waals surface area contributed by atoms with Crippen LogP contribution < -0.4 is 19.7 Å². The van der Waals surface area contributed by atoms with Crippen LogP contribution in [0.15, 0.2) is 72.8 Å². The molecule has 1 aliphatic heterocycles. The van der Waals surface area contributed by atoms with Gasteiger partial charge < -0.3 is 14.8 Å². The molecule has 3 aromatic rings. The first kappa shape index (κ1) is 24.7. The lowest BCUT2D eigenvalue weighted by atomic mass is 10.1. The van der Waals surface area contributed by atoms with E-state index >= 15 is 0 Å². The van der Waals surface area contributed by atoms with Crippen molar-refractivity contribution < 1.29 is 19.1 Å². The number of thioether (sulfide) groups is 1. The predicted molar refractivity (Wildman–Crippen MR) is 142 cm³/mol. The highest BCUT2D eigenvalue weighted by atomic mass is 32.2. The average Bonchev–Trinajstić information content (AvgIpc) is 3.27. The van der Waals surface area contributed by atoms with E-state index in [-0.39, 0.29) is 17.2 Å². The predicted octanol–water partition coefficient (Wildman–Crippen LogP) is 6.30. The van der Waals surface area contributed by atoms with Crippen molar-refractivity contribution >= 4 is 35.0 Å². The van der Waals surface area contributed by atoms with Crippen molar-refractivity contribution in [2.75, 3.05) is 29.2 Å². The van der Waals surface area contributed by atoms with Gasteiger partial charge in [-0.25, -0.2) is 0 Å². The third-order valence-electron chi connectivity index (χ3n) is 5.61. The third-order valence-corrected chi connectivity index (χ3v) is 6.82. The van der Waals surface area contributed by atoms with Gasteiger partial charge in [0, 0.05) is 16.9 Å². The summed E-state index contributed by atoms with van der Waals surface area (Å²) in [7, 11) is 0. The maximum absolute atomic E-state index is 12.8. The third kappa shape index (κ3) is 6.17. The fourth-order valence-electron chi connectivity index (χ4n) is 3.83. The molecule has 0 spiro atoms. The van der Waals surface area contributed by atoms with Crippen molar-refractivity contribution in [3.63, 3.8) is 0 Å². The van der Waals surface area contributed by atoms with E-state index in [0.717, 1.165) is 35.6 Å². The zero-order valence-electron chi connectivity index (χ0n) is 20.0. The minimum Gasteiger partial charge on any atom is -0.494 e. The van der Waals surface area contributed by atoms with Crippen LogP contribution in [0.4, 0.5) is 11.4 Å². The second-order valence-electron chi connectivity index (χ2n) is 8.16. The molecule has 0 aliphatic carbocycles. The molecular weight excluding hydrogens is 460 g/mol. The number of carbonyl (C=O) groups is 2. The summed E-state index contributed by atoms with van der Waals surface area (Å²) in [4.78, 5) is 27.3. The van der Waals surface area contributed by atoms with Crippen LogP contribution in [0.3, 0.4) is 0 Å². The molecule has 0 aromatic heterocycles. The van der Waals surface area contributed by atoms with Crippen LogP contribution >= 0.6 is 11.8 Å². The molecule has 1 atom stereocenters. The summed E-state index contributed by atoms with van der Waals surface area (Å²) in [5.41, 5.74) is 3.01. The molecule has 7 heteroatoms. The van der Waals surface area contributed by atoms with Crippen LogP contribution in [0.1, 0.15) is 48.0 Å². The van der Waals surface area contributed by atoms with Crippen LogP contribution in [-0.4, -0.2) is 30.8 Å². The van der Waals surface area contributed by atoms with Crippen LogP contribution in [0.2, 0.25) is 0 Å². The van der Waals surface area contributed by atoms with Gasteiger partial charge in [-0.3, -0.25) is 14.5 Å². The molecule has 0 radical (unpaired) electrons. The van der Waals surface area contributed by atoms with Gasteiger partial charge in [0.25, 0.3) is 5.91 Å². The lowest BCUT2D eigenvalue weighted by Gasteiger charge is -2.25. The highest BCUT2D eigenvalue weighted by molar-refractivity contribution is 8.00. The van der Waals surface area contributed by atoms with Crippen molar-refractivity contribution in [2.24, 2.45) is 0 Å². The van der Waals surface area contributed by atoms with Crippen LogP contribution in [0.5, 0.6) is 11.5 Å². The quantitative estimate of drug-likeness (QED) is 0.338. The Balaban J connectivity index is 1.46. The first-order valence-electron chi connectivity index (χ1n) is 11.9. The summed E-state index contributed by atoms with van der Waals surface area (Å²) >= 11 is 1.57. The second-order valence-corrected chi connectivity index (χ2v) is 9.23. The zero-order chi connectivity index (χ0) is 24.6. The van der Waals surface area contributed by atoms with Gasteiger partial charge in [-0.1, -0.05) is 25.5 Å². The Morgan fingerprint density at radius 3 is 2.43 bits per heavy atom. The minimum absolute atomic E-state index is 0.0554. The summed E-state index contributed by atoms with van der Waals surface area (Å²) in [6.07, 6.45) is 2.07. The zero-order valence-corrected chi connectivity index (χ0v) is 20.8. The number of hydrogen-bond donors (Lipinski definition) is 1. The smallest absolute Gasteiger partial charge is 0.255 e. The van der Waals surface area contributed by atoms with E-state index in [9.17, 15) is 9.59 Å². The van der Waals surface area contributed by atoms with Crippen molar-refractivity contribution in [3.8, 4) is 11.5 Å². The summed E-state index contributed by atoms with van der Waals surface area (Å²) in [5.74, 6) is 1.80. The average molecular weight is 491 g/mol. The van der Waals surface area contributed by atoms with E-state index in [0.29, 0.717) is 30.2 Å². The van der Waals surface area contributed by atoms with Gasteiger partial charge in [-0.2, -0.15) is 0 Å². The lowest BCUT2D eigenvalue weighted by molar-refractivity contribution is -0.115. The summed E-state index contributed by atoms with van der Waals surface area (Å²) < 4.78 is 11.2. The summed E-state index contributed by atoms with van der Waals surface area (Å²) in [6.45, 7) is 5.32. The molecule has 4 rings (SSSR count). The number of benzene rings is 3. The largest absolute Gasteiger partial charge is 0.494 e. The Hall–Kier alpha value is -3.45. The molecule has 0 saturated carbocycles. The number of amides is 2. The van der Waals surface area contributed by atoms with Crippen molar-refractivity contribution in [1.29, 1.82) is 0 Å². The molecule has 2 amide bonds. The summed E-state index contributed by atoms with van der Waals surface area (Å²) in [5, 5.41) is 2.80. The SMILES string of the molecule is CCCCOc1ccc(C(=O)Nc2cccc(C3SCC(=O)N3c3ccc(OCC)cc3)c2)cc1. The summed E-state index contributed by atoms with van der Waals surface area (Å²) in [6, 6.07) is 22.4. The normalized spacial score (nSPS) is 15.2. The molecule has 6 nitrogen and oxygen atoms in total. The van der Waals surface area contributed by atoms with E-state index in [1.807, 2.05) is 67.6 Å². The number of ether oxygens (including phenoxy) is 2. The Morgan fingerprint density at radius 2 is 1.71 bits per heavy atom. The van der Waals surface area contributed by atoms with Crippen LogP contribution in [0, 0.1) is 0 Å². The molecule has 0 bridgehead atoms. The molecule has 1 N–H and O–H groups in total. The van der Waals surface area contributed by atoms with Crippen molar-refractivity contribution in [1.82, 2.24) is 0 Å². The molecule has 1 saturated heterocycles. The first-order valence-corrected chi connectivity index (χ1v) is 12.9. The van der Waals surface area contributed by atoms with Gasteiger partial charge in [-0.15, -0.1) is 11.8 Å². The number of unbranched alkanes of at least 4 members (excludes halogenated alkanes) is 1. The van der Waals surface area contributed by atoms with Gasteiger partial charge in [-0.05, 0) is 79.6 Å². The van der Waals surface area contributed by atoms with Gasteiger partial charge in [0.2, 0.25) is 5.91 Å². The number of carbonyl (C=O) groups excluding carboxylic acids is 2. The number of nitrogens with zero attached hydrogens (tertiary/aromatic N) is 1. The van der Waals surface area contributed by atoms with E-state index in [1.54, 1.807) is 28.8 Å². The van der Waals surface area contributed by atoms with Crippen molar-refractivity contribution in [2.45, 2.75) is 32.1 Å². The molecule has 182 valence electrons. The number of rotatable bonds is 10. The monoisotopic (exact) mass is 490 g/mol. The van der Waals surface area contributed by atoms with Gasteiger partial charge >= 0.3 is 0 Å². The van der Waals surface area contributed by atoms with E-state index < -0.39 is 0 Å². The van der Waals surface area contributed by atoms with Crippen LogP contribution in [0.25, 0.3) is 0 Å². The highest BCUT2D eigenvalue weighted by Gasteiger charge is 2.34. The Labute approximate surface area is 210 Å². The highest BCUT2D eigenvalue weighted by Crippen LogP contribution is 2.42. The van der Waals surface area contributed by atoms with Crippen molar-refractivity contribution in [3.05, 3.63) is 83.9 Å². The van der Waals surface area contributed by atoms with E-state index in [1.165, 1.54) is 0 Å². The Bertz CT molecular complexity index is 1150. The minimum atomic E-state index is -0.194. The maximum Gasteiger partial charge on any atom is 0.255 e. The standard InChI is InChI=1S/C28H30N2O4S/c1-3-5-17-34-25-13-9-20(10-14-25)27(32)29-22-8-6-7-21(18-22)28-30(26(31)19-35-28)23-11-15-24(16-12-23)33-4-2/h6-16,18,28H,3-5,17,19H2,1-2H3,(H,29,32). The molecule has 1 aliphatic rings. The maximum atomic E-state index is 12.8. The molecule has 35 heavy (non-hydrogen) atoms. The Morgan fingerprint density at radius 1 is 1.00 bits per heavy atom. The number of nitrogens with one attached hydrogen (secondary N) is 1. The Kier molecular flexibility index (Phi) is 8.32. The van der Waals surface area contributed by atoms with Gasteiger partial charge in [0.15, 0.2) is 0 Å². The van der Waals surface area contributed by atoms with Gasteiger partial charge in [0.1, 0.15) is 16.9 Å². The number of hydrogen-bond acceptors (Lipinski definition) is 5. The topological polar surface area (TPSA) is 67.9 Å². The second kappa shape index (κ2) is 11.8. The molecule has 1 heterocycles. The fourth-order valence-corrected chi connectivity index (χ4v) is 5.00. The van der Waals surface area contributed by atoms with E-state index in [2.05, 4.69) is 12.2 Å². The fraction of sp³-hybridized carbons (Fsp3) is 0.286. The molecular formula is C28H30N2O4S.